The second kappa shape index (κ2) is 7.20. The van der Waals surface area contributed by atoms with E-state index in [2.05, 4.69) is 20.4 Å². The Morgan fingerprint density at radius 2 is 2.08 bits per heavy atom. The van der Waals surface area contributed by atoms with E-state index in [9.17, 15) is 0 Å². The van der Waals surface area contributed by atoms with Crippen LogP contribution < -0.4 is 0 Å². The normalized spacial score (nSPS) is 12.6. The molecular weight excluding hydrogens is 148 g/mol. The molecule has 0 radical (unpaired) electrons. The molecule has 0 aliphatic rings. The smallest absolute Gasteiger partial charge is 0.0902 e. The van der Waals surface area contributed by atoms with Crippen molar-refractivity contribution in [3.05, 3.63) is 12.3 Å². The lowest BCUT2D eigenvalue weighted by Gasteiger charge is -2.12. The standard InChI is InChI=1S/C11H22O/c1-5-6-7-8-11(4)9-12-10(2)3/h11H,2,5-9H2,1,3-4H3. The highest BCUT2D eigenvalue weighted by molar-refractivity contribution is 4.73. The first-order chi connectivity index (χ1) is 5.66. The molecule has 0 rings (SSSR count). The monoisotopic (exact) mass is 170 g/mol. The molecule has 0 N–H and O–H groups in total. The van der Waals surface area contributed by atoms with Crippen molar-refractivity contribution in [2.24, 2.45) is 5.92 Å². The first kappa shape index (κ1) is 11.5. The molecule has 12 heavy (non-hydrogen) atoms. The molecule has 0 spiro atoms. The zero-order valence-electron chi connectivity index (χ0n) is 8.73. The van der Waals surface area contributed by atoms with Gasteiger partial charge in [-0.15, -0.1) is 0 Å². The number of rotatable bonds is 7. The van der Waals surface area contributed by atoms with Crippen molar-refractivity contribution in [2.45, 2.75) is 46.5 Å². The number of hydrogen-bond acceptors (Lipinski definition) is 1. The SMILES string of the molecule is C=C(C)OCC(C)CCCCC. The topological polar surface area (TPSA) is 9.23 Å². The molecule has 1 nitrogen and oxygen atoms in total. The van der Waals surface area contributed by atoms with E-state index in [0.29, 0.717) is 5.92 Å². The molecule has 0 saturated carbocycles. The first-order valence-electron chi connectivity index (χ1n) is 4.95. The molecular formula is C11H22O. The highest BCUT2D eigenvalue weighted by Gasteiger charge is 2.01. The average Bonchev–Trinajstić information content (AvgIpc) is 2.01. The van der Waals surface area contributed by atoms with Crippen LogP contribution in [0, 0.1) is 5.92 Å². The minimum Gasteiger partial charge on any atom is -0.499 e. The van der Waals surface area contributed by atoms with Gasteiger partial charge in [0.1, 0.15) is 0 Å². The zero-order valence-corrected chi connectivity index (χ0v) is 8.73. The van der Waals surface area contributed by atoms with Gasteiger partial charge in [0.25, 0.3) is 0 Å². The Kier molecular flexibility index (Phi) is 6.93. The Balaban J connectivity index is 3.21. The minimum absolute atomic E-state index is 0.674. The molecule has 72 valence electrons. The molecule has 0 fully saturated rings. The van der Waals surface area contributed by atoms with Gasteiger partial charge in [0.2, 0.25) is 0 Å². The van der Waals surface area contributed by atoms with Gasteiger partial charge in [0.15, 0.2) is 0 Å². The summed E-state index contributed by atoms with van der Waals surface area (Å²) in [5.74, 6) is 1.51. The quantitative estimate of drug-likeness (QED) is 0.417. The van der Waals surface area contributed by atoms with Gasteiger partial charge >= 0.3 is 0 Å². The van der Waals surface area contributed by atoms with Crippen molar-refractivity contribution in [1.29, 1.82) is 0 Å². The second-order valence-corrected chi connectivity index (χ2v) is 3.61. The van der Waals surface area contributed by atoms with Gasteiger partial charge in [0.05, 0.1) is 12.4 Å². The zero-order chi connectivity index (χ0) is 9.40. The van der Waals surface area contributed by atoms with Crippen molar-refractivity contribution in [1.82, 2.24) is 0 Å². The maximum Gasteiger partial charge on any atom is 0.0902 e. The highest BCUT2D eigenvalue weighted by atomic mass is 16.5. The van der Waals surface area contributed by atoms with Gasteiger partial charge in [-0.25, -0.2) is 0 Å². The Hall–Kier alpha value is -0.460. The molecule has 1 unspecified atom stereocenters. The molecule has 0 aromatic carbocycles. The van der Waals surface area contributed by atoms with Gasteiger partial charge < -0.3 is 4.74 Å². The predicted molar refractivity (Wildman–Crippen MR) is 54.1 cm³/mol. The second-order valence-electron chi connectivity index (χ2n) is 3.61. The van der Waals surface area contributed by atoms with Crippen LogP contribution in [-0.2, 0) is 4.74 Å². The predicted octanol–water partition coefficient (Wildman–Crippen LogP) is 3.75. The molecule has 0 bridgehead atoms. The van der Waals surface area contributed by atoms with Crippen LogP contribution >= 0.6 is 0 Å². The van der Waals surface area contributed by atoms with Crippen molar-refractivity contribution in [2.75, 3.05) is 6.61 Å². The molecule has 0 saturated heterocycles. The van der Waals surface area contributed by atoms with Crippen molar-refractivity contribution >= 4 is 0 Å². The third kappa shape index (κ3) is 7.64. The Labute approximate surface area is 76.8 Å². The van der Waals surface area contributed by atoms with E-state index < -0.39 is 0 Å². The van der Waals surface area contributed by atoms with Gasteiger partial charge in [-0.05, 0) is 19.3 Å². The summed E-state index contributed by atoms with van der Waals surface area (Å²) < 4.78 is 5.34. The lowest BCUT2D eigenvalue weighted by Crippen LogP contribution is -2.04. The van der Waals surface area contributed by atoms with Crippen LogP contribution in [0.4, 0.5) is 0 Å². The third-order valence-electron chi connectivity index (χ3n) is 1.91. The number of ether oxygens (including phenoxy) is 1. The Bertz CT molecular complexity index is 118. The van der Waals surface area contributed by atoms with Gasteiger partial charge in [0, 0.05) is 0 Å². The molecule has 0 heterocycles. The van der Waals surface area contributed by atoms with E-state index in [1.54, 1.807) is 0 Å². The largest absolute Gasteiger partial charge is 0.499 e. The summed E-state index contributed by atoms with van der Waals surface area (Å²) >= 11 is 0. The highest BCUT2D eigenvalue weighted by Crippen LogP contribution is 2.10. The van der Waals surface area contributed by atoms with Crippen LogP contribution in [0.1, 0.15) is 46.5 Å². The summed E-state index contributed by atoms with van der Waals surface area (Å²) in [6.45, 7) is 10.9. The fourth-order valence-electron chi connectivity index (χ4n) is 1.11. The maximum absolute atomic E-state index is 5.34. The van der Waals surface area contributed by atoms with E-state index in [0.717, 1.165) is 12.4 Å². The van der Waals surface area contributed by atoms with Gasteiger partial charge in [-0.1, -0.05) is 39.7 Å². The van der Waals surface area contributed by atoms with Gasteiger partial charge in [-0.3, -0.25) is 0 Å². The molecule has 0 amide bonds. The van der Waals surface area contributed by atoms with Crippen LogP contribution in [0.25, 0.3) is 0 Å². The van der Waals surface area contributed by atoms with E-state index in [-0.39, 0.29) is 0 Å². The van der Waals surface area contributed by atoms with E-state index >= 15 is 0 Å². The first-order valence-corrected chi connectivity index (χ1v) is 4.95. The molecule has 0 aliphatic carbocycles. The fraction of sp³-hybridized carbons (Fsp3) is 0.818. The minimum atomic E-state index is 0.674. The lowest BCUT2D eigenvalue weighted by molar-refractivity contribution is 0.169. The van der Waals surface area contributed by atoms with Crippen LogP contribution in [-0.4, -0.2) is 6.61 Å². The van der Waals surface area contributed by atoms with Crippen molar-refractivity contribution < 1.29 is 4.74 Å². The fourth-order valence-corrected chi connectivity index (χ4v) is 1.11. The van der Waals surface area contributed by atoms with Crippen LogP contribution in [0.15, 0.2) is 12.3 Å². The summed E-state index contributed by atoms with van der Waals surface area (Å²) in [5, 5.41) is 0. The van der Waals surface area contributed by atoms with Crippen LogP contribution in [0.2, 0.25) is 0 Å². The average molecular weight is 170 g/mol. The molecule has 0 aromatic rings. The van der Waals surface area contributed by atoms with Crippen molar-refractivity contribution in [3.8, 4) is 0 Å². The molecule has 0 aromatic heterocycles. The number of hydrogen-bond donors (Lipinski definition) is 0. The van der Waals surface area contributed by atoms with Crippen LogP contribution in [0.3, 0.4) is 0 Å². The summed E-state index contributed by atoms with van der Waals surface area (Å²) in [6.07, 6.45) is 5.25. The summed E-state index contributed by atoms with van der Waals surface area (Å²) in [7, 11) is 0. The van der Waals surface area contributed by atoms with Crippen molar-refractivity contribution in [3.63, 3.8) is 0 Å². The summed E-state index contributed by atoms with van der Waals surface area (Å²) in [6, 6.07) is 0. The molecule has 0 aliphatic heterocycles. The number of unbranched alkanes of at least 4 members (excludes halogenated alkanes) is 2. The summed E-state index contributed by atoms with van der Waals surface area (Å²) in [4.78, 5) is 0. The third-order valence-corrected chi connectivity index (χ3v) is 1.91. The molecule has 1 atom stereocenters. The van der Waals surface area contributed by atoms with Crippen LogP contribution in [0.5, 0.6) is 0 Å². The van der Waals surface area contributed by atoms with E-state index in [4.69, 9.17) is 4.74 Å². The lowest BCUT2D eigenvalue weighted by atomic mass is 10.0. The molecule has 1 heteroatoms. The van der Waals surface area contributed by atoms with Gasteiger partial charge in [-0.2, -0.15) is 0 Å². The van der Waals surface area contributed by atoms with E-state index in [1.807, 2.05) is 6.92 Å². The Morgan fingerprint density at radius 1 is 1.42 bits per heavy atom. The summed E-state index contributed by atoms with van der Waals surface area (Å²) in [5.41, 5.74) is 0. The maximum atomic E-state index is 5.34. The number of allylic oxidation sites excluding steroid dienone is 1. The Morgan fingerprint density at radius 3 is 2.58 bits per heavy atom. The van der Waals surface area contributed by atoms with E-state index in [1.165, 1.54) is 25.7 Å².